The molecule has 0 radical (unpaired) electrons. The molecular formula is C11H10ClFO3. The van der Waals surface area contributed by atoms with Gasteiger partial charge in [-0.25, -0.2) is 4.39 Å². The summed E-state index contributed by atoms with van der Waals surface area (Å²) in [5.41, 5.74) is -0.00489. The number of esters is 1. The number of Topliss-reactive ketones (excluding diaryl/α,β-unsaturated/α-hetero) is 1. The van der Waals surface area contributed by atoms with Crippen molar-refractivity contribution < 1.29 is 18.7 Å². The largest absolute Gasteiger partial charge is 0.466 e. The molecule has 0 fully saturated rings. The van der Waals surface area contributed by atoms with Gasteiger partial charge in [0.2, 0.25) is 0 Å². The summed E-state index contributed by atoms with van der Waals surface area (Å²) in [7, 11) is 0. The Balaban J connectivity index is 2.81. The van der Waals surface area contributed by atoms with Crippen LogP contribution in [0.4, 0.5) is 4.39 Å². The molecule has 1 aromatic rings. The number of carbonyl (C=O) groups excluding carboxylic acids is 2. The highest BCUT2D eigenvalue weighted by atomic mass is 35.5. The van der Waals surface area contributed by atoms with Crippen molar-refractivity contribution >= 4 is 23.4 Å². The van der Waals surface area contributed by atoms with Gasteiger partial charge in [0, 0.05) is 5.56 Å². The molecule has 0 aliphatic carbocycles. The van der Waals surface area contributed by atoms with Gasteiger partial charge in [0.05, 0.1) is 11.6 Å². The van der Waals surface area contributed by atoms with Gasteiger partial charge < -0.3 is 4.74 Å². The highest BCUT2D eigenvalue weighted by Gasteiger charge is 2.17. The lowest BCUT2D eigenvalue weighted by atomic mass is 10.1. The predicted octanol–water partition coefficient (Wildman–Crippen LogP) is 2.62. The van der Waals surface area contributed by atoms with Gasteiger partial charge in [0.1, 0.15) is 12.2 Å². The summed E-state index contributed by atoms with van der Waals surface area (Å²) in [4.78, 5) is 22.6. The minimum absolute atomic E-state index is 0.00489. The summed E-state index contributed by atoms with van der Waals surface area (Å²) < 4.78 is 17.6. The standard InChI is InChI=1S/C11H10ClFO3/c1-2-16-10(15)6-9(14)7-4-3-5-8(13)11(7)12/h3-5H,2,6H2,1H3. The van der Waals surface area contributed by atoms with Crippen molar-refractivity contribution in [3.8, 4) is 0 Å². The highest BCUT2D eigenvalue weighted by molar-refractivity contribution is 6.34. The van der Waals surface area contributed by atoms with Crippen LogP contribution < -0.4 is 0 Å². The first-order chi connectivity index (χ1) is 7.56. The topological polar surface area (TPSA) is 43.4 Å². The quantitative estimate of drug-likeness (QED) is 0.465. The normalized spacial score (nSPS) is 9.94. The molecule has 0 N–H and O–H groups in total. The first kappa shape index (κ1) is 12.6. The highest BCUT2D eigenvalue weighted by Crippen LogP contribution is 2.20. The van der Waals surface area contributed by atoms with Crippen LogP contribution in [0.1, 0.15) is 23.7 Å². The van der Waals surface area contributed by atoms with Crippen LogP contribution in [0.15, 0.2) is 18.2 Å². The van der Waals surface area contributed by atoms with Crippen molar-refractivity contribution in [2.75, 3.05) is 6.61 Å². The molecule has 0 saturated heterocycles. The maximum atomic E-state index is 13.0. The van der Waals surface area contributed by atoms with Crippen LogP contribution in [-0.4, -0.2) is 18.4 Å². The van der Waals surface area contributed by atoms with E-state index in [9.17, 15) is 14.0 Å². The molecular weight excluding hydrogens is 235 g/mol. The third kappa shape index (κ3) is 3.03. The summed E-state index contributed by atoms with van der Waals surface area (Å²) >= 11 is 5.60. The van der Waals surface area contributed by atoms with Crippen LogP contribution in [-0.2, 0) is 9.53 Å². The molecule has 0 aliphatic rings. The van der Waals surface area contributed by atoms with E-state index < -0.39 is 24.0 Å². The summed E-state index contributed by atoms with van der Waals surface area (Å²) in [6, 6.07) is 3.87. The lowest BCUT2D eigenvalue weighted by molar-refractivity contribution is -0.141. The molecule has 0 heterocycles. The number of hydrogen-bond acceptors (Lipinski definition) is 3. The number of carbonyl (C=O) groups is 2. The molecule has 1 rings (SSSR count). The van der Waals surface area contributed by atoms with Crippen LogP contribution in [0.2, 0.25) is 5.02 Å². The molecule has 5 heteroatoms. The second-order valence-electron chi connectivity index (χ2n) is 3.01. The molecule has 3 nitrogen and oxygen atoms in total. The van der Waals surface area contributed by atoms with Crippen molar-refractivity contribution in [3.05, 3.63) is 34.6 Å². The molecule has 0 saturated carbocycles. The van der Waals surface area contributed by atoms with Gasteiger partial charge in [-0.1, -0.05) is 17.7 Å². The minimum Gasteiger partial charge on any atom is -0.466 e. The Morgan fingerprint density at radius 1 is 1.44 bits per heavy atom. The third-order valence-electron chi connectivity index (χ3n) is 1.86. The van der Waals surface area contributed by atoms with Crippen molar-refractivity contribution in [2.24, 2.45) is 0 Å². The SMILES string of the molecule is CCOC(=O)CC(=O)c1cccc(F)c1Cl. The number of ketones is 1. The molecule has 0 aliphatic heterocycles. The van der Waals surface area contributed by atoms with Crippen LogP contribution >= 0.6 is 11.6 Å². The van der Waals surface area contributed by atoms with Crippen LogP contribution in [0, 0.1) is 5.82 Å². The summed E-state index contributed by atoms with van der Waals surface area (Å²) in [6.45, 7) is 1.83. The van der Waals surface area contributed by atoms with E-state index in [1.165, 1.54) is 12.1 Å². The van der Waals surface area contributed by atoms with Crippen LogP contribution in [0.25, 0.3) is 0 Å². The van der Waals surface area contributed by atoms with E-state index in [2.05, 4.69) is 4.74 Å². The molecule has 16 heavy (non-hydrogen) atoms. The number of rotatable bonds is 4. The second kappa shape index (κ2) is 5.61. The number of hydrogen-bond donors (Lipinski definition) is 0. The van der Waals surface area contributed by atoms with Crippen molar-refractivity contribution in [1.82, 2.24) is 0 Å². The van der Waals surface area contributed by atoms with Gasteiger partial charge in [-0.3, -0.25) is 9.59 Å². The molecule has 0 atom stereocenters. The molecule has 0 amide bonds. The minimum atomic E-state index is -0.684. The first-order valence-corrected chi connectivity index (χ1v) is 5.07. The van der Waals surface area contributed by atoms with E-state index in [-0.39, 0.29) is 17.2 Å². The molecule has 0 spiro atoms. The van der Waals surface area contributed by atoms with Gasteiger partial charge in [0.15, 0.2) is 5.78 Å². The van der Waals surface area contributed by atoms with E-state index in [1.807, 2.05) is 0 Å². The Morgan fingerprint density at radius 3 is 2.75 bits per heavy atom. The Labute approximate surface area is 97.2 Å². The first-order valence-electron chi connectivity index (χ1n) is 4.69. The fourth-order valence-electron chi connectivity index (χ4n) is 1.16. The zero-order valence-electron chi connectivity index (χ0n) is 8.63. The Hall–Kier alpha value is -1.42. The number of halogens is 2. The monoisotopic (exact) mass is 244 g/mol. The molecule has 86 valence electrons. The van der Waals surface area contributed by atoms with Gasteiger partial charge in [0.25, 0.3) is 0 Å². The fraction of sp³-hybridized carbons (Fsp3) is 0.273. The summed E-state index contributed by atoms with van der Waals surface area (Å²) in [5.74, 6) is -1.88. The Kier molecular flexibility index (Phi) is 4.43. The second-order valence-corrected chi connectivity index (χ2v) is 3.38. The van der Waals surface area contributed by atoms with Crippen LogP contribution in [0.3, 0.4) is 0 Å². The van der Waals surface area contributed by atoms with Gasteiger partial charge >= 0.3 is 5.97 Å². The molecule has 0 unspecified atom stereocenters. The lowest BCUT2D eigenvalue weighted by Crippen LogP contribution is -2.12. The van der Waals surface area contributed by atoms with E-state index >= 15 is 0 Å². The number of benzene rings is 1. The maximum Gasteiger partial charge on any atom is 0.313 e. The van der Waals surface area contributed by atoms with E-state index in [4.69, 9.17) is 11.6 Å². The zero-order valence-corrected chi connectivity index (χ0v) is 9.38. The van der Waals surface area contributed by atoms with E-state index in [0.29, 0.717) is 0 Å². The average Bonchev–Trinajstić information content (AvgIpc) is 2.22. The fourth-order valence-corrected chi connectivity index (χ4v) is 1.39. The van der Waals surface area contributed by atoms with Gasteiger partial charge in [-0.2, -0.15) is 0 Å². The Morgan fingerprint density at radius 2 is 2.12 bits per heavy atom. The predicted molar refractivity (Wildman–Crippen MR) is 57.0 cm³/mol. The van der Waals surface area contributed by atoms with Crippen molar-refractivity contribution in [3.63, 3.8) is 0 Å². The molecule has 1 aromatic carbocycles. The van der Waals surface area contributed by atoms with E-state index in [1.54, 1.807) is 6.92 Å². The van der Waals surface area contributed by atoms with Gasteiger partial charge in [-0.05, 0) is 19.1 Å². The molecule has 0 bridgehead atoms. The average molecular weight is 245 g/mol. The van der Waals surface area contributed by atoms with E-state index in [0.717, 1.165) is 6.07 Å². The lowest BCUT2D eigenvalue weighted by Gasteiger charge is -2.04. The van der Waals surface area contributed by atoms with Crippen molar-refractivity contribution in [2.45, 2.75) is 13.3 Å². The maximum absolute atomic E-state index is 13.0. The number of ether oxygens (including phenoxy) is 1. The molecule has 0 aromatic heterocycles. The van der Waals surface area contributed by atoms with Crippen LogP contribution in [0.5, 0.6) is 0 Å². The smallest absolute Gasteiger partial charge is 0.313 e. The zero-order chi connectivity index (χ0) is 12.1. The summed E-state index contributed by atoms with van der Waals surface area (Å²) in [5, 5.41) is -0.267. The van der Waals surface area contributed by atoms with Crippen molar-refractivity contribution in [1.29, 1.82) is 0 Å². The van der Waals surface area contributed by atoms with Gasteiger partial charge in [-0.15, -0.1) is 0 Å². The Bertz CT molecular complexity index is 418. The summed E-state index contributed by atoms with van der Waals surface area (Å²) in [6.07, 6.45) is -0.434. The third-order valence-corrected chi connectivity index (χ3v) is 2.25.